The van der Waals surface area contributed by atoms with Gasteiger partial charge in [0.05, 0.1) is 0 Å². The van der Waals surface area contributed by atoms with Crippen molar-refractivity contribution in [1.82, 2.24) is 15.1 Å². The Morgan fingerprint density at radius 1 is 1.07 bits per heavy atom. The Morgan fingerprint density at radius 3 is 2.52 bits per heavy atom. The SMILES string of the molecule is CS[C@@H]1CN(c2ccc(C(=O)Nc3ccccc3)nn2)C[C@H]1N1CCCC1. The molecular formula is C20H25N5OS. The molecule has 1 aromatic heterocycles. The molecule has 6 nitrogen and oxygen atoms in total. The van der Waals surface area contributed by atoms with Gasteiger partial charge in [0.15, 0.2) is 11.5 Å². The molecule has 142 valence electrons. The predicted molar refractivity (Wildman–Crippen MR) is 111 cm³/mol. The summed E-state index contributed by atoms with van der Waals surface area (Å²) in [5.41, 5.74) is 1.09. The summed E-state index contributed by atoms with van der Waals surface area (Å²) in [5.74, 6) is 0.616. The van der Waals surface area contributed by atoms with Crippen LogP contribution in [-0.4, -0.2) is 64.7 Å². The second-order valence-corrected chi connectivity index (χ2v) is 8.16. The first-order chi connectivity index (χ1) is 13.2. The number of aromatic nitrogens is 2. The number of likely N-dealkylation sites (tertiary alicyclic amines) is 1. The Bertz CT molecular complexity index is 764. The zero-order valence-electron chi connectivity index (χ0n) is 15.5. The van der Waals surface area contributed by atoms with Gasteiger partial charge in [-0.25, -0.2) is 0 Å². The van der Waals surface area contributed by atoms with E-state index in [1.54, 1.807) is 6.07 Å². The number of rotatable bonds is 5. The molecule has 2 atom stereocenters. The third kappa shape index (κ3) is 4.09. The minimum Gasteiger partial charge on any atom is -0.352 e. The number of nitrogens with zero attached hydrogens (tertiary/aromatic N) is 4. The Morgan fingerprint density at radius 2 is 1.85 bits per heavy atom. The molecule has 3 heterocycles. The zero-order valence-corrected chi connectivity index (χ0v) is 16.4. The molecule has 2 aliphatic rings. The van der Waals surface area contributed by atoms with Gasteiger partial charge in [-0.1, -0.05) is 18.2 Å². The average molecular weight is 384 g/mol. The number of hydrogen-bond acceptors (Lipinski definition) is 6. The number of amides is 1. The van der Waals surface area contributed by atoms with E-state index in [1.807, 2.05) is 48.2 Å². The maximum Gasteiger partial charge on any atom is 0.276 e. The minimum absolute atomic E-state index is 0.237. The highest BCUT2D eigenvalue weighted by atomic mass is 32.2. The lowest BCUT2D eigenvalue weighted by Crippen LogP contribution is -2.40. The molecule has 7 heteroatoms. The number of anilines is 2. The monoisotopic (exact) mass is 383 g/mol. The average Bonchev–Trinajstić information content (AvgIpc) is 3.38. The fraction of sp³-hybridized carbons (Fsp3) is 0.450. The van der Waals surface area contributed by atoms with Gasteiger partial charge in [0.1, 0.15) is 0 Å². The normalized spacial score (nSPS) is 22.9. The van der Waals surface area contributed by atoms with Crippen LogP contribution in [0.5, 0.6) is 0 Å². The Kier molecular flexibility index (Phi) is 5.59. The van der Waals surface area contributed by atoms with Crippen molar-refractivity contribution in [3.63, 3.8) is 0 Å². The van der Waals surface area contributed by atoms with Crippen LogP contribution in [-0.2, 0) is 0 Å². The first-order valence-corrected chi connectivity index (χ1v) is 10.8. The van der Waals surface area contributed by atoms with Gasteiger partial charge in [-0.3, -0.25) is 9.69 Å². The fourth-order valence-corrected chi connectivity index (χ4v) is 4.83. The molecule has 0 saturated carbocycles. The molecule has 0 unspecified atom stereocenters. The van der Waals surface area contributed by atoms with E-state index in [0.29, 0.717) is 17.0 Å². The van der Waals surface area contributed by atoms with Crippen LogP contribution >= 0.6 is 11.8 Å². The lowest BCUT2D eigenvalue weighted by atomic mass is 10.2. The second-order valence-electron chi connectivity index (χ2n) is 7.09. The number of thioether (sulfide) groups is 1. The van der Waals surface area contributed by atoms with Crippen LogP contribution in [0.4, 0.5) is 11.5 Å². The van der Waals surface area contributed by atoms with Crippen molar-refractivity contribution in [2.24, 2.45) is 0 Å². The number of carbonyl (C=O) groups excluding carboxylic acids is 1. The molecular weight excluding hydrogens is 358 g/mol. The number of benzene rings is 1. The van der Waals surface area contributed by atoms with Crippen molar-refractivity contribution in [1.29, 1.82) is 0 Å². The smallest absolute Gasteiger partial charge is 0.276 e. The summed E-state index contributed by atoms with van der Waals surface area (Å²) < 4.78 is 0. The van der Waals surface area contributed by atoms with Crippen molar-refractivity contribution >= 4 is 29.2 Å². The first-order valence-electron chi connectivity index (χ1n) is 9.46. The van der Waals surface area contributed by atoms with Gasteiger partial charge in [-0.2, -0.15) is 11.8 Å². The van der Waals surface area contributed by atoms with Crippen LogP contribution in [0.1, 0.15) is 23.3 Å². The van der Waals surface area contributed by atoms with Gasteiger partial charge in [-0.15, -0.1) is 10.2 Å². The topological polar surface area (TPSA) is 61.4 Å². The molecule has 4 rings (SSSR count). The van der Waals surface area contributed by atoms with Crippen LogP contribution in [0.25, 0.3) is 0 Å². The van der Waals surface area contributed by atoms with Gasteiger partial charge < -0.3 is 10.2 Å². The molecule has 2 aliphatic heterocycles. The van der Waals surface area contributed by atoms with Gasteiger partial charge in [-0.05, 0) is 56.5 Å². The molecule has 0 radical (unpaired) electrons. The standard InChI is InChI=1S/C20H25N5OS/c1-27-18-14-25(13-17(18)24-11-5-6-12-24)19-10-9-16(22-23-19)20(26)21-15-7-3-2-4-8-15/h2-4,7-10,17-18H,5-6,11-14H2,1H3,(H,21,26)/t17-,18-/m1/s1. The largest absolute Gasteiger partial charge is 0.352 e. The van der Waals surface area contributed by atoms with Crippen molar-refractivity contribution in [3.05, 3.63) is 48.2 Å². The molecule has 2 saturated heterocycles. The summed E-state index contributed by atoms with van der Waals surface area (Å²) in [6.45, 7) is 4.38. The molecule has 2 fully saturated rings. The molecule has 1 amide bonds. The molecule has 1 N–H and O–H groups in total. The quantitative estimate of drug-likeness (QED) is 0.857. The summed E-state index contributed by atoms with van der Waals surface area (Å²) in [6, 6.07) is 13.6. The van der Waals surface area contributed by atoms with Crippen LogP contribution < -0.4 is 10.2 Å². The highest BCUT2D eigenvalue weighted by molar-refractivity contribution is 7.99. The highest BCUT2D eigenvalue weighted by Gasteiger charge is 2.37. The molecule has 0 bridgehead atoms. The summed E-state index contributed by atoms with van der Waals surface area (Å²) in [4.78, 5) is 17.3. The Labute approximate surface area is 164 Å². The Hall–Kier alpha value is -2.12. The summed E-state index contributed by atoms with van der Waals surface area (Å²) in [5, 5.41) is 11.9. The lowest BCUT2D eigenvalue weighted by molar-refractivity contribution is 0.102. The predicted octanol–water partition coefficient (Wildman–Crippen LogP) is 2.74. The number of para-hydroxylation sites is 1. The van der Waals surface area contributed by atoms with Crippen molar-refractivity contribution in [2.75, 3.05) is 42.7 Å². The van der Waals surface area contributed by atoms with E-state index >= 15 is 0 Å². The van der Waals surface area contributed by atoms with E-state index < -0.39 is 0 Å². The Balaban J connectivity index is 1.42. The molecule has 0 aliphatic carbocycles. The van der Waals surface area contributed by atoms with Crippen molar-refractivity contribution in [2.45, 2.75) is 24.1 Å². The number of carbonyl (C=O) groups is 1. The van der Waals surface area contributed by atoms with Crippen LogP contribution in [0.2, 0.25) is 0 Å². The van der Waals surface area contributed by atoms with Crippen LogP contribution in [0.15, 0.2) is 42.5 Å². The van der Waals surface area contributed by atoms with E-state index in [9.17, 15) is 4.79 Å². The zero-order chi connectivity index (χ0) is 18.6. The van der Waals surface area contributed by atoms with Gasteiger partial charge >= 0.3 is 0 Å². The summed E-state index contributed by atoms with van der Waals surface area (Å²) in [6.07, 6.45) is 4.81. The third-order valence-electron chi connectivity index (χ3n) is 5.39. The highest BCUT2D eigenvalue weighted by Crippen LogP contribution is 2.30. The summed E-state index contributed by atoms with van der Waals surface area (Å²) >= 11 is 1.94. The van der Waals surface area contributed by atoms with E-state index in [0.717, 1.165) is 24.6 Å². The molecule has 0 spiro atoms. The van der Waals surface area contributed by atoms with Crippen LogP contribution in [0, 0.1) is 0 Å². The van der Waals surface area contributed by atoms with Crippen molar-refractivity contribution in [3.8, 4) is 0 Å². The number of nitrogens with one attached hydrogen (secondary N) is 1. The van der Waals surface area contributed by atoms with Crippen molar-refractivity contribution < 1.29 is 4.79 Å². The molecule has 1 aromatic carbocycles. The van der Waals surface area contributed by atoms with Gasteiger partial charge in [0.2, 0.25) is 0 Å². The molecule has 27 heavy (non-hydrogen) atoms. The van der Waals surface area contributed by atoms with Gasteiger partial charge in [0, 0.05) is 30.1 Å². The van der Waals surface area contributed by atoms with Crippen LogP contribution in [0.3, 0.4) is 0 Å². The third-order valence-corrected chi connectivity index (χ3v) is 6.46. The maximum atomic E-state index is 12.3. The minimum atomic E-state index is -0.237. The number of hydrogen-bond donors (Lipinski definition) is 1. The van der Waals surface area contributed by atoms with E-state index in [1.165, 1.54) is 25.9 Å². The lowest BCUT2D eigenvalue weighted by Gasteiger charge is -2.27. The van der Waals surface area contributed by atoms with Gasteiger partial charge in [0.25, 0.3) is 5.91 Å². The van der Waals surface area contributed by atoms with E-state index in [4.69, 9.17) is 0 Å². The fourth-order valence-electron chi connectivity index (χ4n) is 3.93. The summed E-state index contributed by atoms with van der Waals surface area (Å²) in [7, 11) is 0. The van der Waals surface area contributed by atoms with E-state index in [-0.39, 0.29) is 5.91 Å². The first kappa shape index (κ1) is 18.3. The maximum absolute atomic E-state index is 12.3. The molecule has 2 aromatic rings. The second kappa shape index (κ2) is 8.27. The van der Waals surface area contributed by atoms with E-state index in [2.05, 4.69) is 31.6 Å².